The third-order valence-corrected chi connectivity index (χ3v) is 5.29. The molecule has 1 aliphatic heterocycles. The fraction of sp³-hybridized carbons (Fsp3) is 0.455. The van der Waals surface area contributed by atoms with E-state index in [1.54, 1.807) is 6.20 Å². The van der Waals surface area contributed by atoms with Gasteiger partial charge in [-0.25, -0.2) is 8.42 Å². The second-order valence-corrected chi connectivity index (χ2v) is 6.59. The summed E-state index contributed by atoms with van der Waals surface area (Å²) in [5.41, 5.74) is 0.993. The number of piperidine rings is 1. The van der Waals surface area contributed by atoms with E-state index in [4.69, 9.17) is 0 Å². The molecule has 1 saturated heterocycles. The van der Waals surface area contributed by atoms with Crippen molar-refractivity contribution in [2.75, 3.05) is 13.1 Å². The van der Waals surface area contributed by atoms with Gasteiger partial charge in [-0.1, -0.05) is 0 Å². The number of H-pyrrole nitrogens is 2. The molecule has 0 spiro atoms. The van der Waals surface area contributed by atoms with Crippen LogP contribution in [0.3, 0.4) is 0 Å². The number of rotatable bonds is 3. The molecule has 2 N–H and O–H groups in total. The predicted molar refractivity (Wildman–Crippen MR) is 67.9 cm³/mol. The van der Waals surface area contributed by atoms with E-state index in [2.05, 4.69) is 20.4 Å². The minimum absolute atomic E-state index is 0.179. The maximum atomic E-state index is 12.4. The van der Waals surface area contributed by atoms with Gasteiger partial charge in [0.1, 0.15) is 4.90 Å². The molecule has 0 radical (unpaired) electrons. The van der Waals surface area contributed by atoms with E-state index in [1.807, 2.05) is 6.07 Å². The molecule has 3 heterocycles. The lowest BCUT2D eigenvalue weighted by Gasteiger charge is -2.30. The lowest BCUT2D eigenvalue weighted by Crippen LogP contribution is -2.39. The van der Waals surface area contributed by atoms with Gasteiger partial charge in [-0.3, -0.25) is 10.2 Å². The van der Waals surface area contributed by atoms with Crippen LogP contribution in [0, 0.1) is 0 Å². The number of hydrogen-bond acceptors (Lipinski definition) is 4. The van der Waals surface area contributed by atoms with Gasteiger partial charge in [0.15, 0.2) is 0 Å². The zero-order valence-electron chi connectivity index (χ0n) is 10.3. The highest BCUT2D eigenvalue weighted by molar-refractivity contribution is 7.89. The average molecular weight is 281 g/mol. The third kappa shape index (κ3) is 2.28. The van der Waals surface area contributed by atoms with Gasteiger partial charge in [-0.2, -0.15) is 14.5 Å². The summed E-state index contributed by atoms with van der Waals surface area (Å²) in [4.78, 5) is 0.220. The first-order valence-corrected chi connectivity index (χ1v) is 7.60. The molecule has 8 heteroatoms. The molecule has 0 unspecified atom stereocenters. The lowest BCUT2D eigenvalue weighted by molar-refractivity contribution is 0.312. The number of aromatic amines is 2. The molecule has 0 saturated carbocycles. The van der Waals surface area contributed by atoms with Crippen molar-refractivity contribution in [2.24, 2.45) is 0 Å². The van der Waals surface area contributed by atoms with Crippen molar-refractivity contribution < 1.29 is 8.42 Å². The van der Waals surface area contributed by atoms with E-state index < -0.39 is 10.0 Å². The SMILES string of the molecule is O=S(=O)(c1cn[nH]c1)N1CCC[C@H](c2ccn[nH]2)C1. The van der Waals surface area contributed by atoms with E-state index in [1.165, 1.54) is 16.7 Å². The van der Waals surface area contributed by atoms with Crippen LogP contribution in [0.15, 0.2) is 29.6 Å². The Morgan fingerprint density at radius 3 is 2.95 bits per heavy atom. The molecule has 1 fully saturated rings. The van der Waals surface area contributed by atoms with Crippen LogP contribution >= 0.6 is 0 Å². The second kappa shape index (κ2) is 4.78. The highest BCUT2D eigenvalue weighted by Crippen LogP contribution is 2.28. The normalized spacial score (nSPS) is 21.6. The lowest BCUT2D eigenvalue weighted by atomic mass is 9.96. The monoisotopic (exact) mass is 281 g/mol. The van der Waals surface area contributed by atoms with Crippen LogP contribution in [0.2, 0.25) is 0 Å². The quantitative estimate of drug-likeness (QED) is 0.865. The van der Waals surface area contributed by atoms with Gasteiger partial charge < -0.3 is 0 Å². The molecule has 7 nitrogen and oxygen atoms in total. The molecular formula is C11H15N5O2S. The van der Waals surface area contributed by atoms with E-state index in [0.717, 1.165) is 18.5 Å². The summed E-state index contributed by atoms with van der Waals surface area (Å²) in [5, 5.41) is 13.1. The number of nitrogens with one attached hydrogen (secondary N) is 2. The summed E-state index contributed by atoms with van der Waals surface area (Å²) in [6.07, 6.45) is 6.27. The van der Waals surface area contributed by atoms with Gasteiger partial charge in [0.25, 0.3) is 0 Å². The Hall–Kier alpha value is -1.67. The summed E-state index contributed by atoms with van der Waals surface area (Å²) < 4.78 is 26.3. The van der Waals surface area contributed by atoms with E-state index in [9.17, 15) is 8.42 Å². The van der Waals surface area contributed by atoms with Crippen LogP contribution in [0.4, 0.5) is 0 Å². The van der Waals surface area contributed by atoms with Crippen LogP contribution in [0.25, 0.3) is 0 Å². The third-order valence-electron chi connectivity index (χ3n) is 3.46. The van der Waals surface area contributed by atoms with Crippen LogP contribution in [0.1, 0.15) is 24.5 Å². The highest BCUT2D eigenvalue weighted by atomic mass is 32.2. The van der Waals surface area contributed by atoms with E-state index in [-0.39, 0.29) is 10.8 Å². The van der Waals surface area contributed by atoms with Crippen molar-refractivity contribution in [1.29, 1.82) is 0 Å². The first kappa shape index (κ1) is 12.4. The van der Waals surface area contributed by atoms with Gasteiger partial charge in [-0.15, -0.1) is 0 Å². The Labute approximate surface area is 111 Å². The minimum Gasteiger partial charge on any atom is -0.284 e. The number of hydrogen-bond donors (Lipinski definition) is 2. The maximum absolute atomic E-state index is 12.4. The Morgan fingerprint density at radius 2 is 2.26 bits per heavy atom. The first-order valence-electron chi connectivity index (χ1n) is 6.16. The molecule has 102 valence electrons. The smallest absolute Gasteiger partial charge is 0.246 e. The zero-order valence-corrected chi connectivity index (χ0v) is 11.1. The number of nitrogens with zero attached hydrogens (tertiary/aromatic N) is 3. The van der Waals surface area contributed by atoms with Crippen LogP contribution < -0.4 is 0 Å². The Kier molecular flexibility index (Phi) is 3.11. The average Bonchev–Trinajstić information content (AvgIpc) is 3.12. The predicted octanol–water partition coefficient (Wildman–Crippen LogP) is 0.701. The van der Waals surface area contributed by atoms with E-state index in [0.29, 0.717) is 13.1 Å². The van der Waals surface area contributed by atoms with Crippen LogP contribution in [0.5, 0.6) is 0 Å². The molecule has 3 rings (SSSR count). The second-order valence-electron chi connectivity index (χ2n) is 4.65. The molecule has 2 aromatic heterocycles. The van der Waals surface area contributed by atoms with Crippen molar-refractivity contribution in [3.63, 3.8) is 0 Å². The molecule has 0 aliphatic carbocycles. The van der Waals surface area contributed by atoms with Gasteiger partial charge >= 0.3 is 0 Å². The highest BCUT2D eigenvalue weighted by Gasteiger charge is 2.31. The summed E-state index contributed by atoms with van der Waals surface area (Å²) in [6.45, 7) is 1.04. The van der Waals surface area contributed by atoms with Crippen molar-refractivity contribution in [3.8, 4) is 0 Å². The Morgan fingerprint density at radius 1 is 1.37 bits per heavy atom. The molecule has 1 atom stereocenters. The first-order chi connectivity index (χ1) is 9.18. The summed E-state index contributed by atoms with van der Waals surface area (Å²) >= 11 is 0. The number of sulfonamides is 1. The van der Waals surface area contributed by atoms with Crippen molar-refractivity contribution in [2.45, 2.75) is 23.7 Å². The summed E-state index contributed by atoms with van der Waals surface area (Å²) in [7, 11) is -3.44. The maximum Gasteiger partial charge on any atom is 0.246 e. The topological polar surface area (TPSA) is 94.7 Å². The summed E-state index contributed by atoms with van der Waals surface area (Å²) in [5.74, 6) is 0.179. The van der Waals surface area contributed by atoms with Gasteiger partial charge in [0.2, 0.25) is 10.0 Å². The van der Waals surface area contributed by atoms with Crippen LogP contribution in [-0.4, -0.2) is 46.2 Å². The Bertz CT molecular complexity index is 620. The van der Waals surface area contributed by atoms with Crippen molar-refractivity contribution >= 4 is 10.0 Å². The van der Waals surface area contributed by atoms with Gasteiger partial charge in [0, 0.05) is 37.1 Å². The summed E-state index contributed by atoms with van der Waals surface area (Å²) in [6, 6.07) is 1.90. The van der Waals surface area contributed by atoms with Crippen LogP contribution in [-0.2, 0) is 10.0 Å². The standard InChI is InChI=1S/C11H15N5O2S/c17-19(18,10-6-13-14-7-10)16-5-1-2-9(8-16)11-3-4-12-15-11/h3-4,6-7,9H,1-2,5,8H2,(H,12,15)(H,13,14)/t9-/m0/s1. The van der Waals surface area contributed by atoms with E-state index >= 15 is 0 Å². The largest absolute Gasteiger partial charge is 0.284 e. The molecule has 0 aromatic carbocycles. The molecule has 1 aliphatic rings. The molecule has 0 bridgehead atoms. The van der Waals surface area contributed by atoms with Crippen molar-refractivity contribution in [3.05, 3.63) is 30.4 Å². The minimum atomic E-state index is -3.44. The number of aromatic nitrogens is 4. The zero-order chi connectivity index (χ0) is 13.3. The molecule has 19 heavy (non-hydrogen) atoms. The molecule has 0 amide bonds. The molecule has 2 aromatic rings. The fourth-order valence-corrected chi connectivity index (χ4v) is 3.87. The fourth-order valence-electron chi connectivity index (χ4n) is 2.44. The van der Waals surface area contributed by atoms with Gasteiger partial charge in [-0.05, 0) is 18.9 Å². The van der Waals surface area contributed by atoms with Gasteiger partial charge in [0.05, 0.1) is 6.20 Å². The molecular weight excluding hydrogens is 266 g/mol. The Balaban J connectivity index is 1.82. The van der Waals surface area contributed by atoms with Crippen molar-refractivity contribution in [1.82, 2.24) is 24.7 Å².